The summed E-state index contributed by atoms with van der Waals surface area (Å²) in [5, 5.41) is 2.66. The van der Waals surface area contributed by atoms with E-state index in [-0.39, 0.29) is 24.0 Å². The average molecular weight is 347 g/mol. The topological polar surface area (TPSA) is 77.8 Å². The van der Waals surface area contributed by atoms with Crippen LogP contribution in [0.25, 0.3) is 0 Å². The number of hydrogen-bond donors (Lipinski definition) is 1. The van der Waals surface area contributed by atoms with E-state index in [1.165, 1.54) is 36.6 Å². The third kappa shape index (κ3) is 4.24. The molecule has 1 N–H and O–H groups in total. The molecular formula is C18H18FNO5. The van der Waals surface area contributed by atoms with Crippen LogP contribution in [0.15, 0.2) is 47.1 Å². The van der Waals surface area contributed by atoms with E-state index in [0.29, 0.717) is 6.61 Å². The normalized spacial score (nSPS) is 17.9. The highest BCUT2D eigenvalue weighted by Gasteiger charge is 2.29. The summed E-state index contributed by atoms with van der Waals surface area (Å²) in [5.74, 6) is -2.15. The Labute approximate surface area is 143 Å². The molecule has 0 saturated carbocycles. The van der Waals surface area contributed by atoms with Crippen LogP contribution < -0.4 is 5.32 Å². The van der Waals surface area contributed by atoms with Gasteiger partial charge in [-0.3, -0.25) is 4.79 Å². The summed E-state index contributed by atoms with van der Waals surface area (Å²) in [7, 11) is 0. The minimum Gasteiger partial charge on any atom is -0.457 e. The van der Waals surface area contributed by atoms with Crippen molar-refractivity contribution in [1.29, 1.82) is 0 Å². The fourth-order valence-electron chi connectivity index (χ4n) is 2.62. The zero-order valence-corrected chi connectivity index (χ0v) is 13.4. The van der Waals surface area contributed by atoms with Gasteiger partial charge in [-0.15, -0.1) is 0 Å². The van der Waals surface area contributed by atoms with Crippen molar-refractivity contribution in [3.8, 4) is 0 Å². The lowest BCUT2D eigenvalue weighted by atomic mass is 10.1. The number of hydrogen-bond acceptors (Lipinski definition) is 5. The molecule has 1 aliphatic rings. The summed E-state index contributed by atoms with van der Waals surface area (Å²) in [4.78, 5) is 24.6. The highest BCUT2D eigenvalue weighted by molar-refractivity contribution is 5.90. The van der Waals surface area contributed by atoms with Crippen LogP contribution >= 0.6 is 0 Å². The fourth-order valence-corrected chi connectivity index (χ4v) is 2.62. The smallest absolute Gasteiger partial charge is 0.375 e. The van der Waals surface area contributed by atoms with Crippen molar-refractivity contribution in [3.05, 3.63) is 59.8 Å². The van der Waals surface area contributed by atoms with Crippen LogP contribution in [0.5, 0.6) is 0 Å². The Morgan fingerprint density at radius 1 is 1.28 bits per heavy atom. The van der Waals surface area contributed by atoms with Crippen LogP contribution in [-0.4, -0.2) is 31.1 Å². The van der Waals surface area contributed by atoms with Gasteiger partial charge in [-0.1, -0.05) is 18.2 Å². The first-order chi connectivity index (χ1) is 12.1. The predicted molar refractivity (Wildman–Crippen MR) is 85.2 cm³/mol. The minimum absolute atomic E-state index is 0.0211. The molecule has 2 aromatic rings. The van der Waals surface area contributed by atoms with Crippen molar-refractivity contribution in [1.82, 2.24) is 5.32 Å². The second kappa shape index (κ2) is 7.94. The molecule has 0 aliphatic carbocycles. The van der Waals surface area contributed by atoms with E-state index in [0.717, 1.165) is 12.8 Å². The van der Waals surface area contributed by atoms with E-state index in [9.17, 15) is 14.0 Å². The van der Waals surface area contributed by atoms with Crippen molar-refractivity contribution in [2.45, 2.75) is 25.0 Å². The van der Waals surface area contributed by atoms with Crippen LogP contribution in [0.3, 0.4) is 0 Å². The molecule has 1 saturated heterocycles. The maximum Gasteiger partial charge on any atom is 0.375 e. The van der Waals surface area contributed by atoms with Crippen molar-refractivity contribution >= 4 is 11.9 Å². The molecule has 3 rings (SSSR count). The number of rotatable bonds is 6. The third-order valence-electron chi connectivity index (χ3n) is 3.90. The van der Waals surface area contributed by atoms with Gasteiger partial charge in [0.05, 0.1) is 12.4 Å². The molecule has 6 nitrogen and oxygen atoms in total. The molecule has 7 heteroatoms. The van der Waals surface area contributed by atoms with Crippen molar-refractivity contribution in [3.63, 3.8) is 0 Å². The molecule has 1 amide bonds. The fraction of sp³-hybridized carbons (Fsp3) is 0.333. The lowest BCUT2D eigenvalue weighted by molar-refractivity contribution is -0.131. The monoisotopic (exact) mass is 347 g/mol. The number of nitrogens with one attached hydrogen (secondary N) is 1. The number of carbonyl (C=O) groups excluding carboxylic acids is 2. The highest BCUT2D eigenvalue weighted by atomic mass is 19.1. The molecule has 0 bridgehead atoms. The van der Waals surface area contributed by atoms with E-state index >= 15 is 0 Å². The summed E-state index contributed by atoms with van der Waals surface area (Å²) in [6.07, 6.45) is 1.60. The summed E-state index contributed by atoms with van der Waals surface area (Å²) < 4.78 is 29.7. The molecule has 2 atom stereocenters. The van der Waals surface area contributed by atoms with Gasteiger partial charge < -0.3 is 19.2 Å². The molecule has 0 radical (unpaired) electrons. The first-order valence-corrected chi connectivity index (χ1v) is 8.03. The summed E-state index contributed by atoms with van der Waals surface area (Å²) in [5.41, 5.74) is -0.0211. The van der Waals surface area contributed by atoms with Gasteiger partial charge in [-0.2, -0.15) is 0 Å². The number of amides is 1. The second-order valence-electron chi connectivity index (χ2n) is 5.66. The van der Waals surface area contributed by atoms with Gasteiger partial charge in [0, 0.05) is 18.7 Å². The Kier molecular flexibility index (Phi) is 5.45. The van der Waals surface area contributed by atoms with Gasteiger partial charge in [-0.25, -0.2) is 9.18 Å². The Morgan fingerprint density at radius 2 is 2.12 bits per heavy atom. The first kappa shape index (κ1) is 17.2. The van der Waals surface area contributed by atoms with Crippen LogP contribution in [-0.2, 0) is 14.3 Å². The molecule has 1 fully saturated rings. The number of benzene rings is 1. The molecule has 1 aromatic heterocycles. The number of esters is 1. The maximum absolute atomic E-state index is 14.1. The molecule has 2 unspecified atom stereocenters. The average Bonchev–Trinajstić information content (AvgIpc) is 3.31. The number of furan rings is 1. The quantitative estimate of drug-likeness (QED) is 0.813. The van der Waals surface area contributed by atoms with Crippen molar-refractivity contribution in [2.24, 2.45) is 0 Å². The Morgan fingerprint density at radius 3 is 2.80 bits per heavy atom. The molecule has 1 aliphatic heterocycles. The van der Waals surface area contributed by atoms with Crippen LogP contribution in [0.1, 0.15) is 35.1 Å². The van der Waals surface area contributed by atoms with E-state index in [4.69, 9.17) is 13.9 Å². The van der Waals surface area contributed by atoms with Gasteiger partial charge in [0.2, 0.25) is 11.9 Å². The molecule has 1 aromatic carbocycles. The summed E-state index contributed by atoms with van der Waals surface area (Å²) in [6, 6.07) is 8.60. The van der Waals surface area contributed by atoms with Crippen LogP contribution in [0.4, 0.5) is 4.39 Å². The van der Waals surface area contributed by atoms with E-state index < -0.39 is 23.8 Å². The van der Waals surface area contributed by atoms with Gasteiger partial charge >= 0.3 is 5.97 Å². The molecular weight excluding hydrogens is 329 g/mol. The van der Waals surface area contributed by atoms with Gasteiger partial charge in [0.1, 0.15) is 5.82 Å². The summed E-state index contributed by atoms with van der Waals surface area (Å²) >= 11 is 0. The van der Waals surface area contributed by atoms with Gasteiger partial charge in [0.25, 0.3) is 5.91 Å². The second-order valence-corrected chi connectivity index (χ2v) is 5.66. The highest BCUT2D eigenvalue weighted by Crippen LogP contribution is 2.23. The number of halogens is 1. The third-order valence-corrected chi connectivity index (χ3v) is 3.90. The van der Waals surface area contributed by atoms with Crippen LogP contribution in [0, 0.1) is 5.82 Å². The Bertz CT molecular complexity index is 725. The molecule has 2 heterocycles. The minimum atomic E-state index is -1.42. The van der Waals surface area contributed by atoms with Gasteiger partial charge in [-0.05, 0) is 31.0 Å². The molecule has 25 heavy (non-hydrogen) atoms. The predicted octanol–water partition coefficient (Wildman–Crippen LogP) is 2.61. The SMILES string of the molecule is O=C(OC(C(=O)NCC1CCCO1)c1ccccc1F)c1ccco1. The van der Waals surface area contributed by atoms with Gasteiger partial charge in [0.15, 0.2) is 0 Å². The van der Waals surface area contributed by atoms with Crippen molar-refractivity contribution < 1.29 is 27.9 Å². The Hall–Kier alpha value is -2.67. The standard InChI is InChI=1S/C18H18FNO5/c19-14-7-2-1-6-13(14)16(25-18(22)15-8-4-10-24-15)17(21)20-11-12-5-3-9-23-12/h1-2,4,6-8,10,12,16H,3,5,9,11H2,(H,20,21). The zero-order chi connectivity index (χ0) is 17.6. The maximum atomic E-state index is 14.1. The van der Waals surface area contributed by atoms with Crippen LogP contribution in [0.2, 0.25) is 0 Å². The van der Waals surface area contributed by atoms with E-state index in [2.05, 4.69) is 5.32 Å². The van der Waals surface area contributed by atoms with Crippen molar-refractivity contribution in [2.75, 3.05) is 13.2 Å². The lowest BCUT2D eigenvalue weighted by Crippen LogP contribution is -2.37. The van der Waals surface area contributed by atoms with E-state index in [1.807, 2.05) is 0 Å². The van der Waals surface area contributed by atoms with E-state index in [1.54, 1.807) is 6.07 Å². The summed E-state index contributed by atoms with van der Waals surface area (Å²) in [6.45, 7) is 0.937. The number of carbonyl (C=O) groups is 2. The number of ether oxygens (including phenoxy) is 2. The lowest BCUT2D eigenvalue weighted by Gasteiger charge is -2.19. The molecule has 132 valence electrons. The first-order valence-electron chi connectivity index (χ1n) is 8.03. The Balaban J connectivity index is 1.74. The zero-order valence-electron chi connectivity index (χ0n) is 13.4. The largest absolute Gasteiger partial charge is 0.457 e. The molecule has 0 spiro atoms.